The number of amides is 2. The molecule has 7 nitrogen and oxygen atoms in total. The number of fused-ring (bicyclic) bond motifs is 5. The monoisotopic (exact) mass is 526 g/mol. The van der Waals surface area contributed by atoms with Crippen LogP contribution in [0.1, 0.15) is 27.2 Å². The highest BCUT2D eigenvalue weighted by atomic mass is 35.5. The Balaban J connectivity index is 1.59. The maximum Gasteiger partial charge on any atom is 0.291 e. The topological polar surface area (TPSA) is 80.1 Å². The Hall–Kier alpha value is -4.36. The van der Waals surface area contributed by atoms with Crippen LogP contribution in [0.3, 0.4) is 0 Å². The van der Waals surface area contributed by atoms with Crippen molar-refractivity contribution in [2.45, 2.75) is 12.0 Å². The molecule has 1 unspecified atom stereocenters. The second kappa shape index (κ2) is 8.89. The van der Waals surface area contributed by atoms with Gasteiger partial charge in [0.2, 0.25) is 5.76 Å². The lowest BCUT2D eigenvalue weighted by atomic mass is 9.83. The van der Waals surface area contributed by atoms with Gasteiger partial charge in [0.1, 0.15) is 11.3 Å². The van der Waals surface area contributed by atoms with Gasteiger partial charge in [-0.2, -0.15) is 0 Å². The Morgan fingerprint density at radius 3 is 2.55 bits per heavy atom. The van der Waals surface area contributed by atoms with Gasteiger partial charge in [-0.15, -0.1) is 6.58 Å². The molecule has 0 saturated heterocycles. The van der Waals surface area contributed by atoms with Crippen LogP contribution in [0.5, 0.6) is 5.75 Å². The molecule has 4 aromatic rings. The number of methoxy groups -OCH3 is 1. The van der Waals surface area contributed by atoms with Crippen molar-refractivity contribution in [1.29, 1.82) is 0 Å². The zero-order valence-corrected chi connectivity index (χ0v) is 21.3. The first-order valence-electron chi connectivity index (χ1n) is 12.2. The minimum Gasteiger partial charge on any atom is -0.497 e. The number of hydrogen-bond acceptors (Lipinski definition) is 5. The minimum atomic E-state index is -1.67. The van der Waals surface area contributed by atoms with Gasteiger partial charge in [0, 0.05) is 23.7 Å². The first kappa shape index (κ1) is 24.0. The summed E-state index contributed by atoms with van der Waals surface area (Å²) < 4.78 is 11.3. The van der Waals surface area contributed by atoms with Crippen LogP contribution in [0.25, 0.3) is 11.0 Å². The van der Waals surface area contributed by atoms with E-state index < -0.39 is 22.8 Å². The van der Waals surface area contributed by atoms with E-state index in [1.165, 1.54) is 11.0 Å². The first-order valence-corrected chi connectivity index (χ1v) is 12.5. The number of rotatable bonds is 6. The quantitative estimate of drug-likeness (QED) is 0.333. The normalized spacial score (nSPS) is 17.8. The number of para-hydroxylation sites is 1. The van der Waals surface area contributed by atoms with Crippen LogP contribution in [-0.4, -0.2) is 36.9 Å². The second-order valence-electron chi connectivity index (χ2n) is 9.26. The highest BCUT2D eigenvalue weighted by Crippen LogP contribution is 2.52. The molecule has 6 rings (SSSR count). The summed E-state index contributed by atoms with van der Waals surface area (Å²) in [4.78, 5) is 45.6. The van der Waals surface area contributed by atoms with Gasteiger partial charge in [-0.3, -0.25) is 14.4 Å². The summed E-state index contributed by atoms with van der Waals surface area (Å²) in [5.41, 5.74) is 0.266. The molecular weight excluding hydrogens is 504 g/mol. The number of benzene rings is 3. The number of ether oxygens (including phenoxy) is 1. The number of carbonyl (C=O) groups excluding carboxylic acids is 2. The highest BCUT2D eigenvalue weighted by molar-refractivity contribution is 6.31. The first-order chi connectivity index (χ1) is 18.4. The molecule has 190 valence electrons. The average Bonchev–Trinajstić information content (AvgIpc) is 3.33. The molecule has 1 atom stereocenters. The lowest BCUT2D eigenvalue weighted by Crippen LogP contribution is -2.54. The third kappa shape index (κ3) is 3.25. The number of nitrogens with zero attached hydrogens (tertiary/aromatic N) is 2. The van der Waals surface area contributed by atoms with E-state index in [0.717, 1.165) is 11.3 Å². The van der Waals surface area contributed by atoms with E-state index in [1.54, 1.807) is 42.4 Å². The van der Waals surface area contributed by atoms with Gasteiger partial charge in [0.25, 0.3) is 11.8 Å². The van der Waals surface area contributed by atoms with Gasteiger partial charge < -0.3 is 19.0 Å². The molecule has 0 radical (unpaired) electrons. The van der Waals surface area contributed by atoms with Crippen molar-refractivity contribution in [2.75, 3.05) is 25.1 Å². The van der Waals surface area contributed by atoms with E-state index in [0.29, 0.717) is 22.7 Å². The summed E-state index contributed by atoms with van der Waals surface area (Å²) in [7, 11) is 1.60. The minimum absolute atomic E-state index is 0.0241. The molecule has 38 heavy (non-hydrogen) atoms. The molecular formula is C30H23ClN2O5. The molecule has 2 amide bonds. The predicted octanol–water partition coefficient (Wildman–Crippen LogP) is 4.93. The fraction of sp³-hybridized carbons (Fsp3) is 0.167. The third-order valence-corrected chi connectivity index (χ3v) is 7.53. The summed E-state index contributed by atoms with van der Waals surface area (Å²) in [5.74, 6) is -0.307. The molecule has 0 bridgehead atoms. The lowest BCUT2D eigenvalue weighted by Gasteiger charge is -2.34. The molecule has 0 N–H and O–H groups in total. The molecule has 1 spiro atoms. The van der Waals surface area contributed by atoms with E-state index in [-0.39, 0.29) is 35.4 Å². The summed E-state index contributed by atoms with van der Waals surface area (Å²) in [6.45, 7) is 4.20. The zero-order valence-electron chi connectivity index (χ0n) is 20.6. The van der Waals surface area contributed by atoms with Gasteiger partial charge in [0.15, 0.2) is 11.0 Å². The number of carbonyl (C=O) groups is 2. The standard InChI is InChI=1S/C30H23ClN2O5/c1-3-15-32-23-7-5-4-6-22(23)30(29(32)36)25-26(34)21-17-19(31)10-13-24(21)38-27(25)28(35)33(30)16-14-18-8-11-20(37-2)12-9-18/h3-13,17H,1,14-16H2,2H3. The Kier molecular flexibility index (Phi) is 5.61. The van der Waals surface area contributed by atoms with Crippen LogP contribution in [-0.2, 0) is 16.8 Å². The van der Waals surface area contributed by atoms with Crippen molar-refractivity contribution in [1.82, 2.24) is 4.90 Å². The molecule has 3 heterocycles. The van der Waals surface area contributed by atoms with E-state index in [4.69, 9.17) is 20.8 Å². The summed E-state index contributed by atoms with van der Waals surface area (Å²) in [6.07, 6.45) is 2.07. The van der Waals surface area contributed by atoms with E-state index in [2.05, 4.69) is 6.58 Å². The molecule has 0 aliphatic carbocycles. The maximum atomic E-state index is 14.4. The Morgan fingerprint density at radius 1 is 1.05 bits per heavy atom. The van der Waals surface area contributed by atoms with Crippen LogP contribution >= 0.6 is 11.6 Å². The Labute approximate surface area is 223 Å². The summed E-state index contributed by atoms with van der Waals surface area (Å²) in [6, 6.07) is 19.4. The van der Waals surface area contributed by atoms with Crippen molar-refractivity contribution in [2.24, 2.45) is 0 Å². The molecule has 2 aliphatic heterocycles. The zero-order chi connectivity index (χ0) is 26.6. The highest BCUT2D eigenvalue weighted by Gasteiger charge is 2.64. The van der Waals surface area contributed by atoms with Crippen molar-refractivity contribution in [3.63, 3.8) is 0 Å². The average molecular weight is 527 g/mol. The Bertz CT molecular complexity index is 1690. The number of anilines is 1. The van der Waals surface area contributed by atoms with Crippen LogP contribution < -0.4 is 15.1 Å². The maximum absolute atomic E-state index is 14.4. The lowest BCUT2D eigenvalue weighted by molar-refractivity contribution is -0.125. The van der Waals surface area contributed by atoms with Crippen molar-refractivity contribution < 1.29 is 18.7 Å². The number of hydrogen-bond donors (Lipinski definition) is 0. The fourth-order valence-corrected chi connectivity index (χ4v) is 5.78. The van der Waals surface area contributed by atoms with Crippen LogP contribution in [0.4, 0.5) is 5.69 Å². The molecule has 2 aliphatic rings. The molecule has 0 fully saturated rings. The van der Waals surface area contributed by atoms with Gasteiger partial charge >= 0.3 is 0 Å². The summed E-state index contributed by atoms with van der Waals surface area (Å²) in [5, 5.41) is 0.568. The van der Waals surface area contributed by atoms with E-state index in [9.17, 15) is 14.4 Å². The summed E-state index contributed by atoms with van der Waals surface area (Å²) >= 11 is 6.21. The van der Waals surface area contributed by atoms with Crippen LogP contribution in [0, 0.1) is 0 Å². The largest absolute Gasteiger partial charge is 0.497 e. The van der Waals surface area contributed by atoms with Crippen molar-refractivity contribution in [3.8, 4) is 5.75 Å². The van der Waals surface area contributed by atoms with Gasteiger partial charge in [-0.05, 0) is 48.4 Å². The van der Waals surface area contributed by atoms with Crippen molar-refractivity contribution in [3.05, 3.63) is 117 Å². The van der Waals surface area contributed by atoms with E-state index in [1.807, 2.05) is 36.4 Å². The van der Waals surface area contributed by atoms with Gasteiger partial charge in [0.05, 0.1) is 23.7 Å². The fourth-order valence-electron chi connectivity index (χ4n) is 5.61. The smallest absolute Gasteiger partial charge is 0.291 e. The van der Waals surface area contributed by atoms with Crippen LogP contribution in [0.2, 0.25) is 5.02 Å². The number of halogens is 1. The van der Waals surface area contributed by atoms with Crippen LogP contribution in [0.15, 0.2) is 88.6 Å². The van der Waals surface area contributed by atoms with Gasteiger partial charge in [-0.25, -0.2) is 0 Å². The molecule has 8 heteroatoms. The van der Waals surface area contributed by atoms with Crippen molar-refractivity contribution >= 4 is 40.1 Å². The van der Waals surface area contributed by atoms with Gasteiger partial charge in [-0.1, -0.05) is 48.0 Å². The SMILES string of the molecule is C=CCN1C(=O)C2(c3ccccc31)c1c(oc3ccc(Cl)cc3c1=O)C(=O)N2CCc1ccc(OC)cc1. The molecule has 0 saturated carbocycles. The third-order valence-electron chi connectivity index (χ3n) is 7.29. The molecule has 3 aromatic carbocycles. The molecule has 1 aromatic heterocycles. The van der Waals surface area contributed by atoms with E-state index >= 15 is 0 Å². The second-order valence-corrected chi connectivity index (χ2v) is 9.70. The Morgan fingerprint density at radius 2 is 1.82 bits per heavy atom. The predicted molar refractivity (Wildman–Crippen MR) is 145 cm³/mol.